The van der Waals surface area contributed by atoms with Crippen molar-refractivity contribution in [3.05, 3.63) is 60.2 Å². The molecule has 0 unspecified atom stereocenters. The van der Waals surface area contributed by atoms with Gasteiger partial charge in [-0.05, 0) is 48.5 Å². The Hall–Kier alpha value is -2.76. The first-order valence-electron chi connectivity index (χ1n) is 6.31. The summed E-state index contributed by atoms with van der Waals surface area (Å²) in [4.78, 5) is 0. The normalized spacial score (nSPS) is 10.6. The van der Waals surface area contributed by atoms with E-state index in [9.17, 15) is 8.78 Å². The molecule has 1 N–H and O–H groups in total. The van der Waals surface area contributed by atoms with Crippen molar-refractivity contribution >= 4 is 11.6 Å². The van der Waals surface area contributed by atoms with Gasteiger partial charge in [0.25, 0.3) is 0 Å². The second-order valence-electron chi connectivity index (χ2n) is 4.55. The van der Waals surface area contributed by atoms with Crippen LogP contribution in [-0.2, 0) is 7.05 Å². The first-order valence-corrected chi connectivity index (χ1v) is 6.31. The molecule has 1 heterocycles. The van der Waals surface area contributed by atoms with Crippen LogP contribution in [0, 0.1) is 11.6 Å². The van der Waals surface area contributed by atoms with Crippen LogP contribution in [0.2, 0.25) is 0 Å². The fourth-order valence-electron chi connectivity index (χ4n) is 1.95. The summed E-state index contributed by atoms with van der Waals surface area (Å²) in [5.74, 6) is 0.525. The summed E-state index contributed by atoms with van der Waals surface area (Å²) in [7, 11) is 1.80. The molecule has 0 saturated heterocycles. The molecule has 4 nitrogen and oxygen atoms in total. The molecular weight excluding hydrogens is 274 g/mol. The first kappa shape index (κ1) is 13.2. The molecule has 0 aliphatic heterocycles. The molecule has 6 heteroatoms. The predicted octanol–water partition coefficient (Wildman–Crippen LogP) is 3.50. The van der Waals surface area contributed by atoms with Crippen LogP contribution in [-0.4, -0.2) is 14.8 Å². The molecule has 0 amide bonds. The van der Waals surface area contributed by atoms with Crippen molar-refractivity contribution in [2.45, 2.75) is 0 Å². The Morgan fingerprint density at radius 2 is 1.43 bits per heavy atom. The maximum absolute atomic E-state index is 12.9. The SMILES string of the molecule is Cn1c(Nc2ccc(F)cc2)nnc1-c1ccc(F)cc1. The van der Waals surface area contributed by atoms with Gasteiger partial charge >= 0.3 is 0 Å². The number of nitrogens with zero attached hydrogens (tertiary/aromatic N) is 3. The summed E-state index contributed by atoms with van der Waals surface area (Å²) in [5.41, 5.74) is 1.47. The molecule has 0 bridgehead atoms. The maximum Gasteiger partial charge on any atom is 0.229 e. The third-order valence-corrected chi connectivity index (χ3v) is 3.08. The summed E-state index contributed by atoms with van der Waals surface area (Å²) in [6, 6.07) is 12.0. The molecule has 0 radical (unpaired) electrons. The van der Waals surface area contributed by atoms with Crippen LogP contribution in [0.15, 0.2) is 48.5 Å². The number of nitrogens with one attached hydrogen (secondary N) is 1. The molecule has 3 rings (SSSR count). The van der Waals surface area contributed by atoms with E-state index in [1.165, 1.54) is 24.3 Å². The highest BCUT2D eigenvalue weighted by atomic mass is 19.1. The van der Waals surface area contributed by atoms with Gasteiger partial charge < -0.3 is 5.32 Å². The largest absolute Gasteiger partial charge is 0.324 e. The van der Waals surface area contributed by atoms with Gasteiger partial charge in [-0.1, -0.05) is 0 Å². The molecule has 3 aromatic rings. The van der Waals surface area contributed by atoms with E-state index < -0.39 is 0 Å². The van der Waals surface area contributed by atoms with Gasteiger partial charge in [0.2, 0.25) is 5.95 Å². The lowest BCUT2D eigenvalue weighted by Gasteiger charge is -2.06. The van der Waals surface area contributed by atoms with Crippen molar-refractivity contribution < 1.29 is 8.78 Å². The highest BCUT2D eigenvalue weighted by molar-refractivity contribution is 5.60. The maximum atomic E-state index is 12.9. The highest BCUT2D eigenvalue weighted by Gasteiger charge is 2.10. The standard InChI is InChI=1S/C15H12F2N4/c1-21-14(10-2-4-11(16)5-3-10)19-20-15(21)18-13-8-6-12(17)7-9-13/h2-9H,1H3,(H,18,20). The van der Waals surface area contributed by atoms with E-state index in [4.69, 9.17) is 0 Å². The quantitative estimate of drug-likeness (QED) is 0.801. The molecule has 0 saturated carbocycles. The second kappa shape index (κ2) is 5.32. The summed E-state index contributed by atoms with van der Waals surface area (Å²) in [6.07, 6.45) is 0. The lowest BCUT2D eigenvalue weighted by Crippen LogP contribution is -2.00. The zero-order valence-corrected chi connectivity index (χ0v) is 11.2. The molecule has 106 valence electrons. The molecule has 0 atom stereocenters. The average Bonchev–Trinajstić information content (AvgIpc) is 2.84. The van der Waals surface area contributed by atoms with Gasteiger partial charge in [-0.15, -0.1) is 10.2 Å². The van der Waals surface area contributed by atoms with Crippen molar-refractivity contribution in [2.24, 2.45) is 7.05 Å². The average molecular weight is 286 g/mol. The van der Waals surface area contributed by atoms with Gasteiger partial charge in [-0.3, -0.25) is 4.57 Å². The van der Waals surface area contributed by atoms with Crippen LogP contribution >= 0.6 is 0 Å². The predicted molar refractivity (Wildman–Crippen MR) is 76.1 cm³/mol. The molecule has 0 aliphatic carbocycles. The van der Waals surface area contributed by atoms with Crippen molar-refractivity contribution in [1.29, 1.82) is 0 Å². The monoisotopic (exact) mass is 286 g/mol. The summed E-state index contributed by atoms with van der Waals surface area (Å²) >= 11 is 0. The van der Waals surface area contributed by atoms with Gasteiger partial charge in [0.1, 0.15) is 11.6 Å². The van der Waals surface area contributed by atoms with Gasteiger partial charge in [-0.2, -0.15) is 0 Å². The summed E-state index contributed by atoms with van der Waals surface area (Å²) < 4.78 is 27.6. The number of rotatable bonds is 3. The smallest absolute Gasteiger partial charge is 0.229 e. The topological polar surface area (TPSA) is 42.7 Å². The Kier molecular flexibility index (Phi) is 3.35. The summed E-state index contributed by atoms with van der Waals surface area (Å²) in [5, 5.41) is 11.2. The summed E-state index contributed by atoms with van der Waals surface area (Å²) in [6.45, 7) is 0. The highest BCUT2D eigenvalue weighted by Crippen LogP contribution is 2.21. The first-order chi connectivity index (χ1) is 10.1. The van der Waals surface area contributed by atoms with Gasteiger partial charge in [0, 0.05) is 18.3 Å². The number of halogens is 2. The third-order valence-electron chi connectivity index (χ3n) is 3.08. The van der Waals surface area contributed by atoms with Crippen molar-refractivity contribution in [3.63, 3.8) is 0 Å². The van der Waals surface area contributed by atoms with Crippen LogP contribution in [0.25, 0.3) is 11.4 Å². The van der Waals surface area contributed by atoms with Crippen molar-refractivity contribution in [1.82, 2.24) is 14.8 Å². The molecule has 0 fully saturated rings. The fourth-order valence-corrected chi connectivity index (χ4v) is 1.95. The number of hydrogen-bond acceptors (Lipinski definition) is 3. The molecule has 21 heavy (non-hydrogen) atoms. The van der Waals surface area contributed by atoms with Crippen LogP contribution in [0.4, 0.5) is 20.4 Å². The lowest BCUT2D eigenvalue weighted by molar-refractivity contribution is 0.627. The van der Waals surface area contributed by atoms with E-state index in [1.807, 2.05) is 0 Å². The zero-order chi connectivity index (χ0) is 14.8. The Bertz CT molecular complexity index is 748. The van der Waals surface area contributed by atoms with Crippen molar-refractivity contribution in [2.75, 3.05) is 5.32 Å². The fraction of sp³-hybridized carbons (Fsp3) is 0.0667. The van der Waals surface area contributed by atoms with E-state index in [0.29, 0.717) is 17.5 Å². The van der Waals surface area contributed by atoms with Crippen molar-refractivity contribution in [3.8, 4) is 11.4 Å². The van der Waals surface area contributed by atoms with E-state index in [1.54, 1.807) is 35.9 Å². The van der Waals surface area contributed by atoms with Gasteiger partial charge in [0.05, 0.1) is 0 Å². The second-order valence-corrected chi connectivity index (χ2v) is 4.55. The Balaban J connectivity index is 1.88. The minimum Gasteiger partial charge on any atom is -0.324 e. The zero-order valence-electron chi connectivity index (χ0n) is 11.2. The van der Waals surface area contributed by atoms with E-state index in [0.717, 1.165) is 5.56 Å². The van der Waals surface area contributed by atoms with E-state index in [-0.39, 0.29) is 11.6 Å². The molecule has 1 aromatic heterocycles. The third kappa shape index (κ3) is 2.74. The Morgan fingerprint density at radius 1 is 0.857 bits per heavy atom. The van der Waals surface area contributed by atoms with Crippen LogP contribution in [0.5, 0.6) is 0 Å². The molecular formula is C15H12F2N4. The van der Waals surface area contributed by atoms with Crippen LogP contribution in [0.3, 0.4) is 0 Å². The van der Waals surface area contributed by atoms with Gasteiger partial charge in [0.15, 0.2) is 5.82 Å². The number of aromatic nitrogens is 3. The van der Waals surface area contributed by atoms with Gasteiger partial charge in [-0.25, -0.2) is 8.78 Å². The number of benzene rings is 2. The van der Waals surface area contributed by atoms with Crippen LogP contribution in [0.1, 0.15) is 0 Å². The van der Waals surface area contributed by atoms with E-state index >= 15 is 0 Å². The Labute approximate surface area is 120 Å². The molecule has 0 aliphatic rings. The van der Waals surface area contributed by atoms with Crippen LogP contribution < -0.4 is 5.32 Å². The number of hydrogen-bond donors (Lipinski definition) is 1. The minimum absolute atomic E-state index is 0.300. The van der Waals surface area contributed by atoms with E-state index in [2.05, 4.69) is 15.5 Å². The minimum atomic E-state index is -0.300. The lowest BCUT2D eigenvalue weighted by atomic mass is 10.2. The molecule has 2 aromatic carbocycles. The Morgan fingerprint density at radius 3 is 2.05 bits per heavy atom. The molecule has 0 spiro atoms. The number of anilines is 2.